The van der Waals surface area contributed by atoms with Crippen LogP contribution in [0.15, 0.2) is 43.0 Å². The largest absolute Gasteiger partial charge is 0.490 e. The fourth-order valence-corrected chi connectivity index (χ4v) is 1.59. The third-order valence-corrected chi connectivity index (χ3v) is 2.53. The van der Waals surface area contributed by atoms with Gasteiger partial charge in [0.05, 0.1) is 11.2 Å². The predicted octanol–water partition coefficient (Wildman–Crippen LogP) is 3.30. The predicted molar refractivity (Wildman–Crippen MR) is 79.0 cm³/mol. The normalized spacial score (nSPS) is 10.4. The van der Waals surface area contributed by atoms with Gasteiger partial charge in [0.2, 0.25) is 5.91 Å². The number of aliphatic carboxylic acids is 1. The zero-order chi connectivity index (χ0) is 17.6. The van der Waals surface area contributed by atoms with Gasteiger partial charge in [-0.15, -0.1) is 0 Å². The average molecular weight is 326 g/mol. The first-order chi connectivity index (χ1) is 10.6. The summed E-state index contributed by atoms with van der Waals surface area (Å²) < 4.78 is 31.7. The Morgan fingerprint density at radius 1 is 1.30 bits per heavy atom. The number of alkyl halides is 3. The summed E-state index contributed by atoms with van der Waals surface area (Å²) in [4.78, 5) is 24.6. The number of fused-ring (bicyclic) bond motifs is 1. The molecule has 1 aromatic heterocycles. The molecule has 0 radical (unpaired) electrons. The Hall–Kier alpha value is -2.90. The SMILES string of the molecule is C=CC(=O)Nc1cc(C)nc2ccccc12.O=C(O)C(F)(F)F. The fourth-order valence-electron chi connectivity index (χ4n) is 1.59. The summed E-state index contributed by atoms with van der Waals surface area (Å²) in [5, 5.41) is 10.8. The van der Waals surface area contributed by atoms with Crippen LogP contribution in [0.5, 0.6) is 0 Å². The van der Waals surface area contributed by atoms with Crippen molar-refractivity contribution >= 4 is 28.5 Å². The number of rotatable bonds is 2. The molecule has 0 saturated carbocycles. The molecule has 122 valence electrons. The van der Waals surface area contributed by atoms with Gasteiger partial charge in [-0.05, 0) is 25.1 Å². The van der Waals surface area contributed by atoms with Crippen molar-refractivity contribution in [2.45, 2.75) is 13.1 Å². The smallest absolute Gasteiger partial charge is 0.475 e. The maximum atomic E-state index is 11.3. The molecule has 2 rings (SSSR count). The van der Waals surface area contributed by atoms with Crippen LogP contribution in [0.3, 0.4) is 0 Å². The second-order valence-corrected chi connectivity index (χ2v) is 4.32. The molecule has 0 bridgehead atoms. The Balaban J connectivity index is 0.000000322. The van der Waals surface area contributed by atoms with Crippen molar-refractivity contribution < 1.29 is 27.9 Å². The number of aromatic nitrogens is 1. The van der Waals surface area contributed by atoms with Gasteiger partial charge in [0.25, 0.3) is 0 Å². The summed E-state index contributed by atoms with van der Waals surface area (Å²) in [6, 6.07) is 9.55. The summed E-state index contributed by atoms with van der Waals surface area (Å²) in [5.41, 5.74) is 2.52. The van der Waals surface area contributed by atoms with Crippen molar-refractivity contribution in [1.29, 1.82) is 0 Å². The molecule has 23 heavy (non-hydrogen) atoms. The van der Waals surface area contributed by atoms with E-state index in [1.165, 1.54) is 6.08 Å². The number of halogens is 3. The Morgan fingerprint density at radius 2 is 1.87 bits per heavy atom. The summed E-state index contributed by atoms with van der Waals surface area (Å²) in [6.07, 6.45) is -3.83. The molecule has 0 atom stereocenters. The number of carbonyl (C=O) groups is 2. The van der Waals surface area contributed by atoms with E-state index in [4.69, 9.17) is 9.90 Å². The Kier molecular flexibility index (Phi) is 5.83. The third kappa shape index (κ3) is 5.42. The zero-order valence-corrected chi connectivity index (χ0v) is 12.0. The number of nitrogens with one attached hydrogen (secondary N) is 1. The van der Waals surface area contributed by atoms with Gasteiger partial charge in [-0.25, -0.2) is 4.79 Å². The van der Waals surface area contributed by atoms with Gasteiger partial charge < -0.3 is 10.4 Å². The average Bonchev–Trinajstić information content (AvgIpc) is 2.46. The minimum atomic E-state index is -5.08. The molecule has 0 aliphatic rings. The molecular weight excluding hydrogens is 313 g/mol. The maximum Gasteiger partial charge on any atom is 0.490 e. The van der Waals surface area contributed by atoms with E-state index in [0.29, 0.717) is 0 Å². The number of amides is 1. The van der Waals surface area contributed by atoms with Crippen LogP contribution in [0.1, 0.15) is 5.69 Å². The Labute approximate surface area is 129 Å². The molecular formula is C15H13F3N2O3. The lowest BCUT2D eigenvalue weighted by Gasteiger charge is -2.07. The fraction of sp³-hybridized carbons (Fsp3) is 0.133. The number of nitrogens with zero attached hydrogens (tertiary/aromatic N) is 1. The number of pyridine rings is 1. The van der Waals surface area contributed by atoms with Crippen LogP contribution >= 0.6 is 0 Å². The zero-order valence-electron chi connectivity index (χ0n) is 12.0. The topological polar surface area (TPSA) is 79.3 Å². The molecule has 1 aromatic carbocycles. The number of carboxylic acid groups (broad SMARTS) is 1. The summed E-state index contributed by atoms with van der Waals surface area (Å²) in [7, 11) is 0. The highest BCUT2D eigenvalue weighted by molar-refractivity contribution is 6.05. The molecule has 0 fully saturated rings. The van der Waals surface area contributed by atoms with Crippen molar-refractivity contribution in [2.24, 2.45) is 0 Å². The molecule has 2 aromatic rings. The molecule has 0 saturated heterocycles. The number of carboxylic acids is 1. The lowest BCUT2D eigenvalue weighted by molar-refractivity contribution is -0.192. The first-order valence-corrected chi connectivity index (χ1v) is 6.25. The number of aryl methyl sites for hydroxylation is 1. The highest BCUT2D eigenvalue weighted by Crippen LogP contribution is 2.22. The van der Waals surface area contributed by atoms with Gasteiger partial charge >= 0.3 is 12.1 Å². The molecule has 5 nitrogen and oxygen atoms in total. The number of benzene rings is 1. The molecule has 0 aliphatic carbocycles. The van der Waals surface area contributed by atoms with Crippen LogP contribution < -0.4 is 5.32 Å². The molecule has 0 spiro atoms. The van der Waals surface area contributed by atoms with Crippen LogP contribution in [0.25, 0.3) is 10.9 Å². The maximum absolute atomic E-state index is 11.3. The molecule has 0 unspecified atom stereocenters. The van der Waals surface area contributed by atoms with Crippen LogP contribution in [-0.2, 0) is 9.59 Å². The first kappa shape index (κ1) is 18.1. The molecule has 1 heterocycles. The second-order valence-electron chi connectivity index (χ2n) is 4.32. The highest BCUT2D eigenvalue weighted by Gasteiger charge is 2.38. The van der Waals surface area contributed by atoms with Gasteiger partial charge in [0.15, 0.2) is 0 Å². The van der Waals surface area contributed by atoms with E-state index in [-0.39, 0.29) is 5.91 Å². The van der Waals surface area contributed by atoms with E-state index in [1.807, 2.05) is 37.3 Å². The van der Waals surface area contributed by atoms with Crippen molar-refractivity contribution in [2.75, 3.05) is 5.32 Å². The monoisotopic (exact) mass is 326 g/mol. The number of hydrogen-bond donors (Lipinski definition) is 2. The van der Waals surface area contributed by atoms with E-state index >= 15 is 0 Å². The highest BCUT2D eigenvalue weighted by atomic mass is 19.4. The molecule has 1 amide bonds. The summed E-state index contributed by atoms with van der Waals surface area (Å²) >= 11 is 0. The number of para-hydroxylation sites is 1. The Morgan fingerprint density at radius 3 is 2.39 bits per heavy atom. The minimum Gasteiger partial charge on any atom is -0.475 e. The quantitative estimate of drug-likeness (QED) is 0.830. The van der Waals surface area contributed by atoms with E-state index in [9.17, 15) is 18.0 Å². The van der Waals surface area contributed by atoms with Gasteiger partial charge in [-0.3, -0.25) is 9.78 Å². The van der Waals surface area contributed by atoms with E-state index in [0.717, 1.165) is 22.3 Å². The minimum absolute atomic E-state index is 0.212. The molecule has 2 N–H and O–H groups in total. The van der Waals surface area contributed by atoms with E-state index < -0.39 is 12.1 Å². The van der Waals surface area contributed by atoms with Crippen LogP contribution in [0.2, 0.25) is 0 Å². The van der Waals surface area contributed by atoms with Crippen molar-refractivity contribution in [1.82, 2.24) is 4.98 Å². The lowest BCUT2D eigenvalue weighted by Crippen LogP contribution is -2.21. The van der Waals surface area contributed by atoms with Crippen molar-refractivity contribution in [3.05, 3.63) is 48.7 Å². The van der Waals surface area contributed by atoms with Crippen LogP contribution in [-0.4, -0.2) is 28.1 Å². The summed E-state index contributed by atoms with van der Waals surface area (Å²) in [6.45, 7) is 5.33. The Bertz CT molecular complexity index is 742. The van der Waals surface area contributed by atoms with Crippen molar-refractivity contribution in [3.8, 4) is 0 Å². The summed E-state index contributed by atoms with van der Waals surface area (Å²) in [5.74, 6) is -2.97. The number of anilines is 1. The van der Waals surface area contributed by atoms with E-state index in [1.54, 1.807) is 0 Å². The van der Waals surface area contributed by atoms with Gasteiger partial charge in [0, 0.05) is 11.1 Å². The van der Waals surface area contributed by atoms with Gasteiger partial charge in [-0.1, -0.05) is 24.8 Å². The standard InChI is InChI=1S/C13H12N2O.C2HF3O2/c1-3-13(16)15-12-8-9(2)14-11-7-5-4-6-10(11)12;3-2(4,5)1(6)7/h3-8H,1H2,2H3,(H,14,15,16);(H,6,7). The third-order valence-electron chi connectivity index (χ3n) is 2.53. The molecule has 0 aliphatic heterocycles. The van der Waals surface area contributed by atoms with E-state index in [2.05, 4.69) is 16.9 Å². The van der Waals surface area contributed by atoms with Crippen LogP contribution in [0.4, 0.5) is 18.9 Å². The molecule has 8 heteroatoms. The van der Waals surface area contributed by atoms with Crippen molar-refractivity contribution in [3.63, 3.8) is 0 Å². The first-order valence-electron chi connectivity index (χ1n) is 6.25. The van der Waals surface area contributed by atoms with Crippen LogP contribution in [0, 0.1) is 6.92 Å². The number of carbonyl (C=O) groups excluding carboxylic acids is 1. The second kappa shape index (κ2) is 7.39. The van der Waals surface area contributed by atoms with Gasteiger partial charge in [-0.2, -0.15) is 13.2 Å². The van der Waals surface area contributed by atoms with Gasteiger partial charge in [0.1, 0.15) is 0 Å². The lowest BCUT2D eigenvalue weighted by atomic mass is 10.1. The number of hydrogen-bond acceptors (Lipinski definition) is 3.